The van der Waals surface area contributed by atoms with Gasteiger partial charge < -0.3 is 14.4 Å². The van der Waals surface area contributed by atoms with Gasteiger partial charge in [-0.2, -0.15) is 0 Å². The summed E-state index contributed by atoms with van der Waals surface area (Å²) >= 11 is 6.42. The maximum atomic E-state index is 13.9. The molecule has 0 aliphatic carbocycles. The number of carbonyl (C=O) groups is 1. The Labute approximate surface area is 239 Å². The molecule has 6 rings (SSSR count). The Morgan fingerprint density at radius 3 is 2.23 bits per heavy atom. The largest absolute Gasteiger partial charge is 0.367 e. The van der Waals surface area contributed by atoms with Gasteiger partial charge in [-0.15, -0.1) is 0 Å². The summed E-state index contributed by atoms with van der Waals surface area (Å²) in [6, 6.07) is 33.1. The van der Waals surface area contributed by atoms with E-state index in [0.29, 0.717) is 19.5 Å². The number of hydrogen-bond acceptors (Lipinski definition) is 2. The number of anilines is 1. The number of halogens is 2. The predicted octanol–water partition coefficient (Wildman–Crippen LogP) is 7.35. The van der Waals surface area contributed by atoms with Gasteiger partial charge >= 0.3 is 0 Å². The van der Waals surface area contributed by atoms with Crippen molar-refractivity contribution in [2.24, 2.45) is 0 Å². The summed E-state index contributed by atoms with van der Waals surface area (Å²) in [5, 5.41) is 1.84. The lowest BCUT2D eigenvalue weighted by atomic mass is 9.87. The lowest BCUT2D eigenvalue weighted by Crippen LogP contribution is -2.49. The van der Waals surface area contributed by atoms with Crippen molar-refractivity contribution in [2.75, 3.05) is 31.1 Å². The van der Waals surface area contributed by atoms with E-state index >= 15 is 0 Å². The second kappa shape index (κ2) is 11.6. The Morgan fingerprint density at radius 2 is 1.48 bits per heavy atom. The van der Waals surface area contributed by atoms with Crippen LogP contribution in [-0.2, 0) is 11.3 Å². The van der Waals surface area contributed by atoms with Crippen molar-refractivity contribution in [1.29, 1.82) is 0 Å². The molecule has 4 aromatic carbocycles. The second-order valence-corrected chi connectivity index (χ2v) is 10.7. The highest BCUT2D eigenvalue weighted by molar-refractivity contribution is 6.33. The van der Waals surface area contributed by atoms with E-state index in [-0.39, 0.29) is 17.6 Å². The molecule has 2 heterocycles. The van der Waals surface area contributed by atoms with Crippen LogP contribution in [0.4, 0.5) is 10.1 Å². The van der Waals surface area contributed by atoms with Crippen molar-refractivity contribution >= 4 is 34.1 Å². The number of hydrogen-bond donors (Lipinski definition) is 0. The third-order valence-corrected chi connectivity index (χ3v) is 8.19. The molecule has 1 fully saturated rings. The normalized spacial score (nSPS) is 14.4. The number of piperazine rings is 1. The molecule has 0 radical (unpaired) electrons. The fourth-order valence-electron chi connectivity index (χ4n) is 5.77. The average Bonchev–Trinajstić information content (AvgIpc) is 3.35. The Hall–Kier alpha value is -4.09. The molecular formula is C34H31ClFN3O. The van der Waals surface area contributed by atoms with Crippen molar-refractivity contribution in [3.05, 3.63) is 137 Å². The molecule has 6 heteroatoms. The van der Waals surface area contributed by atoms with Gasteiger partial charge in [0, 0.05) is 62.2 Å². The standard InChI is InChI=1S/C34H31ClFN3O/c35-31-11-5-7-13-33(31)37-18-20-38(21-19-37)34(40)22-29(26-14-16-27(36)17-15-26)30-24-39(23-25-8-2-1-3-9-25)32-12-6-4-10-28(30)32/h1-17,24,29H,18-23H2. The fraction of sp³-hybridized carbons (Fsp3) is 0.206. The van der Waals surface area contributed by atoms with Gasteiger partial charge in [-0.05, 0) is 47.0 Å². The SMILES string of the molecule is O=C(CC(c1ccc(F)cc1)c1cn(Cc2ccccc2)c2ccccc12)N1CCN(c2ccccc2Cl)CC1. The Kier molecular flexibility index (Phi) is 7.56. The van der Waals surface area contributed by atoms with Crippen molar-refractivity contribution in [2.45, 2.75) is 18.9 Å². The number of benzene rings is 4. The third kappa shape index (κ3) is 5.47. The second-order valence-electron chi connectivity index (χ2n) is 10.3. The zero-order valence-corrected chi connectivity index (χ0v) is 23.0. The van der Waals surface area contributed by atoms with Gasteiger partial charge in [0.1, 0.15) is 5.82 Å². The summed E-state index contributed by atoms with van der Waals surface area (Å²) < 4.78 is 16.2. The van der Waals surface area contributed by atoms with Gasteiger partial charge in [0.05, 0.1) is 10.7 Å². The number of amides is 1. The van der Waals surface area contributed by atoms with Crippen molar-refractivity contribution in [1.82, 2.24) is 9.47 Å². The number of para-hydroxylation sites is 2. The summed E-state index contributed by atoms with van der Waals surface area (Å²) in [6.45, 7) is 3.46. The molecule has 1 aromatic heterocycles. The quantitative estimate of drug-likeness (QED) is 0.211. The van der Waals surface area contributed by atoms with Crippen LogP contribution in [0.3, 0.4) is 0 Å². The van der Waals surface area contributed by atoms with Crippen LogP contribution < -0.4 is 4.90 Å². The molecular weight excluding hydrogens is 521 g/mol. The monoisotopic (exact) mass is 551 g/mol. The third-order valence-electron chi connectivity index (χ3n) is 7.87. The van der Waals surface area contributed by atoms with Crippen LogP contribution in [-0.4, -0.2) is 41.6 Å². The molecule has 1 saturated heterocycles. The minimum atomic E-state index is -0.281. The van der Waals surface area contributed by atoms with Crippen LogP contribution >= 0.6 is 11.6 Å². The lowest BCUT2D eigenvalue weighted by Gasteiger charge is -2.37. The van der Waals surface area contributed by atoms with Crippen molar-refractivity contribution < 1.29 is 9.18 Å². The fourth-order valence-corrected chi connectivity index (χ4v) is 6.03. The number of rotatable bonds is 7. The first-order valence-electron chi connectivity index (χ1n) is 13.7. The molecule has 0 bridgehead atoms. The summed E-state index contributed by atoms with van der Waals surface area (Å²) in [5.41, 5.74) is 5.36. The van der Waals surface area contributed by atoms with E-state index in [4.69, 9.17) is 11.6 Å². The molecule has 1 atom stereocenters. The number of nitrogens with zero attached hydrogens (tertiary/aromatic N) is 3. The predicted molar refractivity (Wildman–Crippen MR) is 161 cm³/mol. The Bertz CT molecular complexity index is 1610. The first-order chi connectivity index (χ1) is 19.6. The molecule has 0 saturated carbocycles. The van der Waals surface area contributed by atoms with Gasteiger partial charge in [-0.25, -0.2) is 4.39 Å². The molecule has 202 valence electrons. The van der Waals surface area contributed by atoms with Crippen LogP contribution in [0.1, 0.15) is 29.0 Å². The minimum absolute atomic E-state index is 0.105. The number of fused-ring (bicyclic) bond motifs is 1. The molecule has 1 aliphatic rings. The molecule has 1 aliphatic heterocycles. The summed E-state index contributed by atoms with van der Waals surface area (Å²) in [5.74, 6) is -0.374. The maximum Gasteiger partial charge on any atom is 0.223 e. The maximum absolute atomic E-state index is 13.9. The van der Waals surface area contributed by atoms with Gasteiger partial charge in [0.2, 0.25) is 5.91 Å². The molecule has 5 aromatic rings. The van der Waals surface area contributed by atoms with Crippen molar-refractivity contribution in [3.63, 3.8) is 0 Å². The van der Waals surface area contributed by atoms with E-state index in [1.165, 1.54) is 17.7 Å². The van der Waals surface area contributed by atoms with Crippen LogP contribution in [0.25, 0.3) is 10.9 Å². The van der Waals surface area contributed by atoms with E-state index in [1.54, 1.807) is 0 Å². The number of aromatic nitrogens is 1. The first-order valence-corrected chi connectivity index (χ1v) is 14.1. The summed E-state index contributed by atoms with van der Waals surface area (Å²) in [4.78, 5) is 18.0. The van der Waals surface area contributed by atoms with Crippen LogP contribution in [0.2, 0.25) is 5.02 Å². The van der Waals surface area contributed by atoms with Gasteiger partial charge in [-0.3, -0.25) is 4.79 Å². The van der Waals surface area contributed by atoms with Crippen LogP contribution in [0.15, 0.2) is 109 Å². The molecule has 0 spiro atoms. The van der Waals surface area contributed by atoms with E-state index in [1.807, 2.05) is 71.6 Å². The van der Waals surface area contributed by atoms with Crippen LogP contribution in [0, 0.1) is 5.82 Å². The summed E-state index contributed by atoms with van der Waals surface area (Å²) in [7, 11) is 0. The van der Waals surface area contributed by atoms with E-state index in [2.05, 4.69) is 39.9 Å². The molecule has 0 N–H and O–H groups in total. The molecule has 1 unspecified atom stereocenters. The van der Waals surface area contributed by atoms with Gasteiger partial charge in [0.15, 0.2) is 0 Å². The first kappa shape index (κ1) is 26.1. The molecule has 4 nitrogen and oxygen atoms in total. The van der Waals surface area contributed by atoms with Crippen molar-refractivity contribution in [3.8, 4) is 0 Å². The topological polar surface area (TPSA) is 28.5 Å². The highest BCUT2D eigenvalue weighted by Gasteiger charge is 2.28. The average molecular weight is 552 g/mol. The van der Waals surface area contributed by atoms with E-state index < -0.39 is 0 Å². The Morgan fingerprint density at radius 1 is 0.800 bits per heavy atom. The lowest BCUT2D eigenvalue weighted by molar-refractivity contribution is -0.131. The Balaban J connectivity index is 1.28. The number of carbonyl (C=O) groups excluding carboxylic acids is 1. The molecule has 1 amide bonds. The smallest absolute Gasteiger partial charge is 0.223 e. The van der Waals surface area contributed by atoms with E-state index in [0.717, 1.165) is 52.4 Å². The highest BCUT2D eigenvalue weighted by Crippen LogP contribution is 2.36. The van der Waals surface area contributed by atoms with Gasteiger partial charge in [0.25, 0.3) is 0 Å². The summed E-state index contributed by atoms with van der Waals surface area (Å²) in [6.07, 6.45) is 2.49. The minimum Gasteiger partial charge on any atom is -0.367 e. The van der Waals surface area contributed by atoms with Gasteiger partial charge in [-0.1, -0.05) is 84.4 Å². The highest BCUT2D eigenvalue weighted by atomic mass is 35.5. The molecule has 40 heavy (non-hydrogen) atoms. The zero-order chi connectivity index (χ0) is 27.5. The van der Waals surface area contributed by atoms with Crippen LogP contribution in [0.5, 0.6) is 0 Å². The zero-order valence-electron chi connectivity index (χ0n) is 22.2. The van der Waals surface area contributed by atoms with E-state index in [9.17, 15) is 9.18 Å².